The highest BCUT2D eigenvalue weighted by Crippen LogP contribution is 2.34. The molecule has 10 heteroatoms. The molecule has 1 aromatic heterocycles. The average Bonchev–Trinajstić information content (AvgIpc) is 3.08. The number of aromatic nitrogens is 2. The Bertz CT molecular complexity index is 690. The number of amides is 2. The molecule has 2 amide bonds. The first-order valence-corrected chi connectivity index (χ1v) is 9.54. The molecule has 1 aromatic rings. The van der Waals surface area contributed by atoms with E-state index < -0.39 is 29.4 Å². The van der Waals surface area contributed by atoms with Gasteiger partial charge in [0.2, 0.25) is 5.91 Å². The second kappa shape index (κ2) is 8.93. The molecular weight excluding hydrogens is 375 g/mol. The molecule has 7 nitrogen and oxygen atoms in total. The molecule has 1 aliphatic heterocycles. The van der Waals surface area contributed by atoms with Gasteiger partial charge in [-0.3, -0.25) is 19.2 Å². The minimum atomic E-state index is -4.66. The predicted octanol–water partition coefficient (Wildman–Crippen LogP) is 2.11. The fraction of sp³-hybridized carbons (Fsp3) is 0.722. The van der Waals surface area contributed by atoms with Crippen molar-refractivity contribution in [3.63, 3.8) is 0 Å². The van der Waals surface area contributed by atoms with Gasteiger partial charge in [-0.2, -0.15) is 18.3 Å². The minimum absolute atomic E-state index is 0.0161. The summed E-state index contributed by atoms with van der Waals surface area (Å²) in [5, 5.41) is 3.78. The maximum atomic E-state index is 13.5. The molecule has 28 heavy (non-hydrogen) atoms. The van der Waals surface area contributed by atoms with E-state index in [0.29, 0.717) is 26.2 Å². The molecule has 0 bridgehead atoms. The molecule has 2 rings (SSSR count). The van der Waals surface area contributed by atoms with Crippen LogP contribution in [0.5, 0.6) is 0 Å². The summed E-state index contributed by atoms with van der Waals surface area (Å²) in [4.78, 5) is 30.0. The Balaban J connectivity index is 2.06. The van der Waals surface area contributed by atoms with Crippen molar-refractivity contribution in [3.8, 4) is 0 Å². The summed E-state index contributed by atoms with van der Waals surface area (Å²) in [7, 11) is 0. The molecule has 0 radical (unpaired) electrons. The topological polar surface area (TPSA) is 61.7 Å². The summed E-state index contributed by atoms with van der Waals surface area (Å²) < 4.78 is 41.3. The summed E-state index contributed by atoms with van der Waals surface area (Å²) in [5.41, 5.74) is -1.43. The van der Waals surface area contributed by atoms with Crippen LogP contribution in [0.15, 0.2) is 6.20 Å². The lowest BCUT2D eigenvalue weighted by molar-refractivity contribution is -0.145. The van der Waals surface area contributed by atoms with E-state index in [1.165, 1.54) is 4.90 Å². The zero-order valence-corrected chi connectivity index (χ0v) is 16.8. The number of piperazine rings is 1. The first kappa shape index (κ1) is 22.2. The number of likely N-dealkylation sites (N-methyl/N-ethyl adjacent to an activating group) is 1. The molecule has 2 heterocycles. The number of rotatable bonds is 6. The maximum Gasteiger partial charge on any atom is 0.433 e. The highest BCUT2D eigenvalue weighted by Gasteiger charge is 2.41. The molecule has 0 spiro atoms. The van der Waals surface area contributed by atoms with Gasteiger partial charge < -0.3 is 9.80 Å². The second-order valence-electron chi connectivity index (χ2n) is 7.08. The van der Waals surface area contributed by atoms with Crippen LogP contribution in [0, 0.1) is 0 Å². The highest BCUT2D eigenvalue weighted by molar-refractivity contribution is 5.95. The Hall–Kier alpha value is -2.10. The van der Waals surface area contributed by atoms with Crippen LogP contribution in [0.4, 0.5) is 13.2 Å². The lowest BCUT2D eigenvalue weighted by Gasteiger charge is -2.35. The standard InChI is InChI=1S/C18H28F3N5O2/c1-5-24(6-2)15(27)12-23-7-9-25(10-8-23)17(28)14-11-22-26(13(3)4)16(14)18(19,20)21/h11,13H,5-10,12H2,1-4H3. The van der Waals surface area contributed by atoms with Crippen LogP contribution in [0.25, 0.3) is 0 Å². The number of alkyl halides is 3. The number of carbonyl (C=O) groups is 2. The number of halogens is 3. The zero-order chi connectivity index (χ0) is 21.1. The minimum Gasteiger partial charge on any atom is -0.342 e. The Morgan fingerprint density at radius 3 is 2.18 bits per heavy atom. The summed E-state index contributed by atoms with van der Waals surface area (Å²) in [6, 6.07) is -0.513. The lowest BCUT2D eigenvalue weighted by Crippen LogP contribution is -2.51. The molecule has 0 unspecified atom stereocenters. The van der Waals surface area contributed by atoms with E-state index in [1.54, 1.807) is 18.7 Å². The molecular formula is C18H28F3N5O2. The molecule has 0 aromatic carbocycles. The van der Waals surface area contributed by atoms with Crippen LogP contribution in [0.3, 0.4) is 0 Å². The van der Waals surface area contributed by atoms with Crippen LogP contribution < -0.4 is 0 Å². The summed E-state index contributed by atoms with van der Waals surface area (Å²) in [6.45, 7) is 9.94. The van der Waals surface area contributed by atoms with Crippen LogP contribution in [-0.2, 0) is 11.0 Å². The van der Waals surface area contributed by atoms with Gasteiger partial charge in [-0.1, -0.05) is 0 Å². The summed E-state index contributed by atoms with van der Waals surface area (Å²) in [6.07, 6.45) is -3.66. The van der Waals surface area contributed by atoms with E-state index in [9.17, 15) is 22.8 Å². The molecule has 0 saturated carbocycles. The first-order valence-electron chi connectivity index (χ1n) is 9.54. The van der Waals surface area contributed by atoms with Crippen molar-refractivity contribution < 1.29 is 22.8 Å². The van der Waals surface area contributed by atoms with Crippen LogP contribution in [0.1, 0.15) is 49.8 Å². The Kier molecular flexibility index (Phi) is 7.08. The third-order valence-corrected chi connectivity index (χ3v) is 4.92. The van der Waals surface area contributed by atoms with Crippen molar-refractivity contribution >= 4 is 11.8 Å². The van der Waals surface area contributed by atoms with Gasteiger partial charge in [-0.05, 0) is 27.7 Å². The summed E-state index contributed by atoms with van der Waals surface area (Å²) >= 11 is 0. The third-order valence-electron chi connectivity index (χ3n) is 4.92. The molecule has 1 fully saturated rings. The number of carbonyl (C=O) groups excluding carboxylic acids is 2. The smallest absolute Gasteiger partial charge is 0.342 e. The molecule has 158 valence electrons. The van der Waals surface area contributed by atoms with E-state index >= 15 is 0 Å². The SMILES string of the molecule is CCN(CC)C(=O)CN1CCN(C(=O)c2cnn(C(C)C)c2C(F)(F)F)CC1. The average molecular weight is 403 g/mol. The van der Waals surface area contributed by atoms with Gasteiger partial charge in [0.1, 0.15) is 0 Å². The van der Waals surface area contributed by atoms with Gasteiger partial charge in [0.05, 0.1) is 18.3 Å². The van der Waals surface area contributed by atoms with Gasteiger partial charge in [-0.15, -0.1) is 0 Å². The van der Waals surface area contributed by atoms with Crippen LogP contribution >= 0.6 is 0 Å². The fourth-order valence-electron chi connectivity index (χ4n) is 3.34. The fourth-order valence-corrected chi connectivity index (χ4v) is 3.34. The summed E-state index contributed by atoms with van der Waals surface area (Å²) in [5.74, 6) is -0.656. The largest absolute Gasteiger partial charge is 0.433 e. The number of hydrogen-bond acceptors (Lipinski definition) is 4. The number of nitrogens with zero attached hydrogens (tertiary/aromatic N) is 5. The molecule has 0 N–H and O–H groups in total. The van der Waals surface area contributed by atoms with Gasteiger partial charge in [0.15, 0.2) is 5.69 Å². The van der Waals surface area contributed by atoms with Crippen LogP contribution in [-0.4, -0.2) is 82.1 Å². The first-order chi connectivity index (χ1) is 13.1. The quantitative estimate of drug-likeness (QED) is 0.730. The number of hydrogen-bond donors (Lipinski definition) is 0. The molecule has 1 saturated heterocycles. The van der Waals surface area contributed by atoms with E-state index in [1.807, 2.05) is 18.7 Å². The van der Waals surface area contributed by atoms with E-state index in [4.69, 9.17) is 0 Å². The maximum absolute atomic E-state index is 13.5. The van der Waals surface area contributed by atoms with E-state index in [-0.39, 0.29) is 25.5 Å². The van der Waals surface area contributed by atoms with Crippen molar-refractivity contribution in [1.29, 1.82) is 0 Å². The normalized spacial score (nSPS) is 15.9. The van der Waals surface area contributed by atoms with Crippen molar-refractivity contribution in [3.05, 3.63) is 17.5 Å². The van der Waals surface area contributed by atoms with E-state index in [2.05, 4.69) is 5.10 Å². The van der Waals surface area contributed by atoms with Crippen molar-refractivity contribution in [2.24, 2.45) is 0 Å². The van der Waals surface area contributed by atoms with Gasteiger partial charge in [0.25, 0.3) is 5.91 Å². The Morgan fingerprint density at radius 2 is 1.71 bits per heavy atom. The zero-order valence-electron chi connectivity index (χ0n) is 16.8. The van der Waals surface area contributed by atoms with Crippen molar-refractivity contribution in [2.75, 3.05) is 45.8 Å². The molecule has 0 aliphatic carbocycles. The van der Waals surface area contributed by atoms with Crippen molar-refractivity contribution in [2.45, 2.75) is 39.9 Å². The van der Waals surface area contributed by atoms with Crippen LogP contribution in [0.2, 0.25) is 0 Å². The monoisotopic (exact) mass is 403 g/mol. The van der Waals surface area contributed by atoms with E-state index in [0.717, 1.165) is 10.9 Å². The Morgan fingerprint density at radius 1 is 1.14 bits per heavy atom. The van der Waals surface area contributed by atoms with Gasteiger partial charge >= 0.3 is 6.18 Å². The molecule has 0 atom stereocenters. The van der Waals surface area contributed by atoms with Gasteiger partial charge in [-0.25, -0.2) is 0 Å². The van der Waals surface area contributed by atoms with Crippen molar-refractivity contribution in [1.82, 2.24) is 24.5 Å². The Labute approximate surface area is 163 Å². The molecule has 1 aliphatic rings. The lowest BCUT2D eigenvalue weighted by atomic mass is 10.1. The third kappa shape index (κ3) is 4.84. The second-order valence-corrected chi connectivity index (χ2v) is 7.08. The predicted molar refractivity (Wildman–Crippen MR) is 97.9 cm³/mol. The van der Waals surface area contributed by atoms with Gasteiger partial charge in [0, 0.05) is 45.3 Å². The highest BCUT2D eigenvalue weighted by atomic mass is 19.4.